The molecule has 92 valence electrons. The van der Waals surface area contributed by atoms with Gasteiger partial charge in [-0.25, -0.2) is 0 Å². The lowest BCUT2D eigenvalue weighted by Gasteiger charge is -2.25. The average molecular weight is 235 g/mol. The number of nitrogens with one attached hydrogen (secondary N) is 2. The number of hydrogen-bond donors (Lipinski definition) is 2. The summed E-state index contributed by atoms with van der Waals surface area (Å²) in [5, 5.41) is 10.4. The van der Waals surface area contributed by atoms with Gasteiger partial charge in [0, 0.05) is 6.04 Å². The van der Waals surface area contributed by atoms with Crippen LogP contribution >= 0.6 is 0 Å². The van der Waals surface area contributed by atoms with Crippen molar-refractivity contribution in [1.29, 1.82) is 0 Å². The van der Waals surface area contributed by atoms with Gasteiger partial charge in [-0.2, -0.15) is 10.1 Å². The molecule has 0 spiro atoms. The molecule has 0 unspecified atom stereocenters. The lowest BCUT2D eigenvalue weighted by Crippen LogP contribution is -2.29. The highest BCUT2D eigenvalue weighted by molar-refractivity contribution is 5.71. The number of imidazole rings is 1. The molecule has 1 fully saturated rings. The van der Waals surface area contributed by atoms with Crippen molar-refractivity contribution in [3.8, 4) is 6.01 Å². The second-order valence-electron chi connectivity index (χ2n) is 4.28. The summed E-state index contributed by atoms with van der Waals surface area (Å²) in [5.74, 6) is 0. The highest BCUT2D eigenvalue weighted by Crippen LogP contribution is 2.29. The molecule has 6 nitrogen and oxygen atoms in total. The number of H-pyrrole nitrogens is 1. The van der Waals surface area contributed by atoms with E-state index in [0.29, 0.717) is 18.7 Å². The predicted molar refractivity (Wildman–Crippen MR) is 64.2 cm³/mol. The molecule has 3 rings (SSSR count). The lowest BCUT2D eigenvalue weighted by molar-refractivity contribution is 0.269. The highest BCUT2D eigenvalue weighted by Gasteiger charge is 2.22. The van der Waals surface area contributed by atoms with Crippen LogP contribution in [-0.4, -0.2) is 39.4 Å². The maximum Gasteiger partial charge on any atom is 0.298 e. The van der Waals surface area contributed by atoms with Gasteiger partial charge in [-0.3, -0.25) is 9.67 Å². The third-order valence-electron chi connectivity index (χ3n) is 3.21. The largest absolute Gasteiger partial charge is 0.465 e. The Morgan fingerprint density at radius 2 is 2.29 bits per heavy atom. The van der Waals surface area contributed by atoms with Crippen LogP contribution in [0.2, 0.25) is 0 Å². The van der Waals surface area contributed by atoms with E-state index in [4.69, 9.17) is 4.74 Å². The number of aromatic nitrogens is 4. The van der Waals surface area contributed by atoms with E-state index in [-0.39, 0.29) is 0 Å². The molecule has 1 aliphatic heterocycles. The molecule has 0 aliphatic carbocycles. The third-order valence-corrected chi connectivity index (χ3v) is 3.21. The summed E-state index contributed by atoms with van der Waals surface area (Å²) in [6.07, 6.45) is 3.95. The van der Waals surface area contributed by atoms with Crippen LogP contribution in [0.4, 0.5) is 0 Å². The smallest absolute Gasteiger partial charge is 0.298 e. The molecular formula is C11H17N5O. The van der Waals surface area contributed by atoms with Gasteiger partial charge in [0.2, 0.25) is 0 Å². The first kappa shape index (κ1) is 10.6. The Labute approximate surface area is 99.4 Å². The monoisotopic (exact) mass is 235 g/mol. The summed E-state index contributed by atoms with van der Waals surface area (Å²) in [5.41, 5.74) is 1.85. The Morgan fingerprint density at radius 3 is 3.06 bits per heavy atom. The fraction of sp³-hybridized carbons (Fsp3) is 0.636. The third kappa shape index (κ3) is 1.78. The molecule has 0 bridgehead atoms. The molecule has 6 heteroatoms. The predicted octanol–water partition coefficient (Wildman–Crippen LogP) is 1.08. The number of nitrogens with zero attached hydrogens (tertiary/aromatic N) is 3. The van der Waals surface area contributed by atoms with Crippen molar-refractivity contribution < 1.29 is 4.74 Å². The van der Waals surface area contributed by atoms with Gasteiger partial charge < -0.3 is 10.1 Å². The summed E-state index contributed by atoms with van der Waals surface area (Å²) >= 11 is 0. The standard InChI is InChI=1S/C11H17N5O/c1-2-17-11-14-9-7-13-15-10(9)16(11)8-3-5-12-6-4-8/h7-8,12H,2-6H2,1H3,(H,13,15). The van der Waals surface area contributed by atoms with Crippen molar-refractivity contribution in [2.24, 2.45) is 0 Å². The number of ether oxygens (including phenoxy) is 1. The molecule has 0 radical (unpaired) electrons. The minimum Gasteiger partial charge on any atom is -0.465 e. The molecule has 2 aromatic rings. The second kappa shape index (κ2) is 4.37. The van der Waals surface area contributed by atoms with E-state index in [9.17, 15) is 0 Å². The van der Waals surface area contributed by atoms with Gasteiger partial charge in [-0.1, -0.05) is 0 Å². The van der Waals surface area contributed by atoms with E-state index < -0.39 is 0 Å². The Balaban J connectivity index is 2.03. The number of aromatic amines is 1. The van der Waals surface area contributed by atoms with E-state index in [2.05, 4.69) is 25.1 Å². The summed E-state index contributed by atoms with van der Waals surface area (Å²) in [7, 11) is 0. The first-order valence-corrected chi connectivity index (χ1v) is 6.15. The molecule has 1 saturated heterocycles. The quantitative estimate of drug-likeness (QED) is 0.835. The van der Waals surface area contributed by atoms with Crippen LogP contribution in [0.3, 0.4) is 0 Å². The first-order valence-electron chi connectivity index (χ1n) is 6.15. The summed E-state index contributed by atoms with van der Waals surface area (Å²) in [6.45, 7) is 4.71. The Bertz CT molecular complexity index is 497. The molecule has 2 aromatic heterocycles. The molecule has 2 N–H and O–H groups in total. The number of fused-ring (bicyclic) bond motifs is 1. The van der Waals surface area contributed by atoms with Crippen LogP contribution in [0, 0.1) is 0 Å². The molecule has 1 aliphatic rings. The van der Waals surface area contributed by atoms with Crippen molar-refractivity contribution in [2.45, 2.75) is 25.8 Å². The normalized spacial score (nSPS) is 17.7. The fourth-order valence-electron chi connectivity index (χ4n) is 2.42. The van der Waals surface area contributed by atoms with E-state index in [1.54, 1.807) is 6.20 Å². The molecule has 0 atom stereocenters. The minimum absolute atomic E-state index is 0.447. The van der Waals surface area contributed by atoms with Crippen molar-refractivity contribution >= 4 is 11.2 Å². The van der Waals surface area contributed by atoms with E-state index in [1.165, 1.54) is 0 Å². The maximum absolute atomic E-state index is 5.62. The Hall–Kier alpha value is -1.56. The van der Waals surface area contributed by atoms with Crippen molar-refractivity contribution in [3.63, 3.8) is 0 Å². The van der Waals surface area contributed by atoms with E-state index in [0.717, 1.165) is 37.1 Å². The Kier molecular flexibility index (Phi) is 2.72. The summed E-state index contributed by atoms with van der Waals surface area (Å²) < 4.78 is 7.78. The van der Waals surface area contributed by atoms with Crippen LogP contribution < -0.4 is 10.1 Å². The average Bonchev–Trinajstić information content (AvgIpc) is 2.90. The van der Waals surface area contributed by atoms with Crippen LogP contribution in [-0.2, 0) is 0 Å². The Morgan fingerprint density at radius 1 is 1.47 bits per heavy atom. The van der Waals surface area contributed by atoms with Gasteiger partial charge in [0.1, 0.15) is 5.52 Å². The van der Waals surface area contributed by atoms with E-state index >= 15 is 0 Å². The zero-order valence-electron chi connectivity index (χ0n) is 9.94. The molecule has 17 heavy (non-hydrogen) atoms. The van der Waals surface area contributed by atoms with Crippen molar-refractivity contribution in [3.05, 3.63) is 6.20 Å². The van der Waals surface area contributed by atoms with Crippen molar-refractivity contribution in [1.82, 2.24) is 25.1 Å². The zero-order chi connectivity index (χ0) is 11.7. The van der Waals surface area contributed by atoms with Gasteiger partial charge in [0.05, 0.1) is 12.8 Å². The van der Waals surface area contributed by atoms with Gasteiger partial charge in [0.15, 0.2) is 5.65 Å². The van der Waals surface area contributed by atoms with E-state index in [1.807, 2.05) is 6.92 Å². The molecule has 3 heterocycles. The highest BCUT2D eigenvalue weighted by atomic mass is 16.5. The molecule has 0 amide bonds. The second-order valence-corrected chi connectivity index (χ2v) is 4.28. The number of rotatable bonds is 3. The van der Waals surface area contributed by atoms with Crippen LogP contribution in [0.25, 0.3) is 11.2 Å². The minimum atomic E-state index is 0.447. The fourth-order valence-corrected chi connectivity index (χ4v) is 2.42. The lowest BCUT2D eigenvalue weighted by atomic mass is 10.1. The summed E-state index contributed by atoms with van der Waals surface area (Å²) in [4.78, 5) is 4.46. The van der Waals surface area contributed by atoms with Gasteiger partial charge >= 0.3 is 0 Å². The van der Waals surface area contributed by atoms with Crippen molar-refractivity contribution in [2.75, 3.05) is 19.7 Å². The SMILES string of the molecule is CCOc1nc2cn[nH]c2n1C1CCNCC1. The van der Waals surface area contributed by atoms with Crippen LogP contribution in [0.5, 0.6) is 6.01 Å². The van der Waals surface area contributed by atoms with Crippen LogP contribution in [0.15, 0.2) is 6.20 Å². The van der Waals surface area contributed by atoms with Gasteiger partial charge in [-0.15, -0.1) is 0 Å². The van der Waals surface area contributed by atoms with Gasteiger partial charge in [-0.05, 0) is 32.9 Å². The van der Waals surface area contributed by atoms with Gasteiger partial charge in [0.25, 0.3) is 6.01 Å². The number of piperidine rings is 1. The van der Waals surface area contributed by atoms with Crippen LogP contribution in [0.1, 0.15) is 25.8 Å². The molecule has 0 aromatic carbocycles. The maximum atomic E-state index is 5.62. The topological polar surface area (TPSA) is 67.8 Å². The first-order chi connectivity index (χ1) is 8.40. The number of hydrogen-bond acceptors (Lipinski definition) is 4. The summed E-state index contributed by atoms with van der Waals surface area (Å²) in [6, 6.07) is 1.16. The molecular weight excluding hydrogens is 218 g/mol. The molecule has 0 saturated carbocycles. The zero-order valence-corrected chi connectivity index (χ0v) is 9.94.